The molecular formula is C21H19BClF2N3O3. The zero-order chi connectivity index (χ0) is 23.0. The van der Waals surface area contributed by atoms with E-state index in [0.29, 0.717) is 17.5 Å². The molecule has 3 heterocycles. The molecule has 0 bridgehead atoms. The number of hydrogen-bond acceptors (Lipinski definition) is 5. The van der Waals surface area contributed by atoms with Crippen LogP contribution >= 0.6 is 11.6 Å². The summed E-state index contributed by atoms with van der Waals surface area (Å²) in [5.41, 5.74) is 0.798. The van der Waals surface area contributed by atoms with E-state index < -0.39 is 29.2 Å². The Bertz CT molecular complexity index is 1180. The summed E-state index contributed by atoms with van der Waals surface area (Å²) >= 11 is 6.25. The number of allylic oxidation sites excluding steroid dienone is 2. The summed E-state index contributed by atoms with van der Waals surface area (Å²) < 4.78 is 33.9. The van der Waals surface area contributed by atoms with Crippen LogP contribution in [-0.4, -0.2) is 41.2 Å². The van der Waals surface area contributed by atoms with E-state index in [2.05, 4.69) is 4.98 Å². The fourth-order valence-corrected chi connectivity index (χ4v) is 3.58. The molecule has 0 spiro atoms. The molecule has 0 saturated heterocycles. The minimum atomic E-state index is -1.42. The highest BCUT2D eigenvalue weighted by atomic mass is 35.5. The number of nitrogens with zero attached hydrogens (tertiary/aromatic N) is 3. The maximum atomic E-state index is 13.9. The fourth-order valence-electron chi connectivity index (χ4n) is 3.40. The first-order chi connectivity index (χ1) is 14.5. The maximum absolute atomic E-state index is 13.9. The molecule has 1 aliphatic heterocycles. The van der Waals surface area contributed by atoms with Gasteiger partial charge in [-0.05, 0) is 32.4 Å². The number of pyridine rings is 2. The average Bonchev–Trinajstić information content (AvgIpc) is 2.67. The van der Waals surface area contributed by atoms with Crippen molar-refractivity contribution in [3.63, 3.8) is 0 Å². The number of likely N-dealkylation sites (N-methyl/N-ethyl adjacent to an activating group) is 1. The minimum Gasteiger partial charge on any atom is -0.492 e. The number of carbonyl (C=O) groups excluding carboxylic acids is 1. The van der Waals surface area contributed by atoms with E-state index in [-0.39, 0.29) is 22.2 Å². The number of halogens is 3. The van der Waals surface area contributed by atoms with Gasteiger partial charge in [0, 0.05) is 31.1 Å². The Kier molecular flexibility index (Phi) is 6.36. The SMILES string of the molecule is [B]C(Oc1cc(C)n(C2=CC(C(C)=O)N(C)C=C2C)c(=O)c1Cl)c1ncc(F)cc1F. The van der Waals surface area contributed by atoms with Gasteiger partial charge in [0.15, 0.2) is 11.6 Å². The van der Waals surface area contributed by atoms with Gasteiger partial charge in [-0.15, -0.1) is 0 Å². The number of aromatic nitrogens is 2. The van der Waals surface area contributed by atoms with Crippen molar-refractivity contribution in [2.24, 2.45) is 0 Å². The highest BCUT2D eigenvalue weighted by Crippen LogP contribution is 2.30. The molecule has 31 heavy (non-hydrogen) atoms. The summed E-state index contributed by atoms with van der Waals surface area (Å²) in [6.07, 6.45) is 4.26. The Morgan fingerprint density at radius 3 is 2.61 bits per heavy atom. The molecule has 2 aromatic heterocycles. The largest absolute Gasteiger partial charge is 0.492 e. The predicted octanol–water partition coefficient (Wildman–Crippen LogP) is 3.38. The standard InChI is InChI=1S/C21H19BClF2N3O3/c1-10-9-27(4)16(12(3)29)7-15(10)28-11(2)5-17(18(23)21(28)30)31-20(22)19-14(25)6-13(24)8-26-19/h5-9,16,20H,1-4H3. The maximum Gasteiger partial charge on any atom is 0.277 e. The van der Waals surface area contributed by atoms with E-state index in [1.54, 1.807) is 31.1 Å². The van der Waals surface area contributed by atoms with E-state index in [0.717, 1.165) is 11.8 Å². The lowest BCUT2D eigenvalue weighted by molar-refractivity contribution is -0.119. The molecule has 6 nitrogen and oxygen atoms in total. The summed E-state index contributed by atoms with van der Waals surface area (Å²) in [6, 6.07) is 0.156. The molecule has 2 aromatic rings. The van der Waals surface area contributed by atoms with Gasteiger partial charge in [0.1, 0.15) is 36.2 Å². The topological polar surface area (TPSA) is 64.4 Å². The Morgan fingerprint density at radius 1 is 1.32 bits per heavy atom. The van der Waals surface area contributed by atoms with Crippen molar-refractivity contribution in [1.29, 1.82) is 0 Å². The van der Waals surface area contributed by atoms with Crippen molar-refractivity contribution in [2.45, 2.75) is 32.8 Å². The van der Waals surface area contributed by atoms with Crippen molar-refractivity contribution in [1.82, 2.24) is 14.5 Å². The molecular weight excluding hydrogens is 427 g/mol. The van der Waals surface area contributed by atoms with Gasteiger partial charge in [-0.3, -0.25) is 19.1 Å². The van der Waals surface area contributed by atoms with Crippen LogP contribution in [0, 0.1) is 18.6 Å². The van der Waals surface area contributed by atoms with E-state index in [1.165, 1.54) is 17.6 Å². The molecule has 1 aliphatic rings. The number of ketones is 1. The summed E-state index contributed by atoms with van der Waals surface area (Å²) in [5, 5.41) is -0.282. The quantitative estimate of drug-likeness (QED) is 0.660. The van der Waals surface area contributed by atoms with Gasteiger partial charge >= 0.3 is 0 Å². The van der Waals surface area contributed by atoms with Crippen molar-refractivity contribution >= 4 is 30.9 Å². The monoisotopic (exact) mass is 445 g/mol. The predicted molar refractivity (Wildman–Crippen MR) is 114 cm³/mol. The first-order valence-electron chi connectivity index (χ1n) is 9.30. The van der Waals surface area contributed by atoms with E-state index in [9.17, 15) is 18.4 Å². The van der Waals surface area contributed by atoms with Crippen molar-refractivity contribution < 1.29 is 18.3 Å². The lowest BCUT2D eigenvalue weighted by atomic mass is 9.95. The Hall–Kier alpha value is -2.94. The van der Waals surface area contributed by atoms with Crippen LogP contribution in [0.2, 0.25) is 5.02 Å². The third-order valence-electron chi connectivity index (χ3n) is 4.87. The molecule has 0 amide bonds. The molecule has 0 N–H and O–H groups in total. The lowest BCUT2D eigenvalue weighted by Gasteiger charge is -2.30. The summed E-state index contributed by atoms with van der Waals surface area (Å²) in [4.78, 5) is 30.4. The van der Waals surface area contributed by atoms with Crippen LogP contribution in [0.3, 0.4) is 0 Å². The molecule has 0 aliphatic carbocycles. The van der Waals surface area contributed by atoms with Gasteiger partial charge in [-0.1, -0.05) is 11.6 Å². The van der Waals surface area contributed by atoms with Gasteiger partial charge in [0.05, 0.1) is 17.9 Å². The second-order valence-corrected chi connectivity index (χ2v) is 7.63. The number of carbonyl (C=O) groups is 1. The summed E-state index contributed by atoms with van der Waals surface area (Å²) in [6.45, 7) is 4.93. The third kappa shape index (κ3) is 4.41. The second kappa shape index (κ2) is 8.67. The van der Waals surface area contributed by atoms with E-state index in [1.807, 2.05) is 6.92 Å². The van der Waals surface area contributed by atoms with Crippen LogP contribution in [0.1, 0.15) is 31.2 Å². The van der Waals surface area contributed by atoms with Crippen LogP contribution in [0.15, 0.2) is 41.0 Å². The molecule has 2 unspecified atom stereocenters. The van der Waals surface area contributed by atoms with Gasteiger partial charge in [-0.2, -0.15) is 0 Å². The molecule has 3 rings (SSSR count). The fraction of sp³-hybridized carbons (Fsp3) is 0.286. The molecule has 2 atom stereocenters. The first kappa shape index (κ1) is 22.7. The van der Waals surface area contributed by atoms with Gasteiger partial charge in [0.25, 0.3) is 5.56 Å². The lowest BCUT2D eigenvalue weighted by Crippen LogP contribution is -2.36. The normalized spacial score (nSPS) is 17.1. The molecule has 0 saturated carbocycles. The van der Waals surface area contributed by atoms with Crippen LogP contribution in [0.25, 0.3) is 5.70 Å². The number of ether oxygens (including phenoxy) is 1. The molecule has 0 aromatic carbocycles. The number of aryl methyl sites for hydroxylation is 1. The third-order valence-corrected chi connectivity index (χ3v) is 5.22. The van der Waals surface area contributed by atoms with Crippen LogP contribution in [-0.2, 0) is 4.79 Å². The molecule has 2 radical (unpaired) electrons. The summed E-state index contributed by atoms with van der Waals surface area (Å²) in [5.74, 6) is -2.00. The number of Topliss-reactive ketones (excluding diaryl/α,β-unsaturated/α-hetero) is 1. The van der Waals surface area contributed by atoms with E-state index >= 15 is 0 Å². The van der Waals surface area contributed by atoms with Crippen molar-refractivity contribution in [3.8, 4) is 5.75 Å². The Morgan fingerprint density at radius 2 is 2.00 bits per heavy atom. The van der Waals surface area contributed by atoms with Gasteiger partial charge in [0.2, 0.25) is 0 Å². The highest BCUT2D eigenvalue weighted by Gasteiger charge is 2.25. The molecule has 0 fully saturated rings. The second-order valence-electron chi connectivity index (χ2n) is 7.25. The van der Waals surface area contributed by atoms with E-state index in [4.69, 9.17) is 24.2 Å². The molecule has 160 valence electrons. The summed E-state index contributed by atoms with van der Waals surface area (Å²) in [7, 11) is 7.61. The zero-order valence-electron chi connectivity index (χ0n) is 17.3. The smallest absolute Gasteiger partial charge is 0.277 e. The Labute approximate surface area is 184 Å². The van der Waals surface area contributed by atoms with Crippen LogP contribution < -0.4 is 10.3 Å². The molecule has 10 heteroatoms. The van der Waals surface area contributed by atoms with Gasteiger partial charge < -0.3 is 9.64 Å². The highest BCUT2D eigenvalue weighted by molar-refractivity contribution is 6.32. The zero-order valence-corrected chi connectivity index (χ0v) is 18.1. The Balaban J connectivity index is 2.02. The minimum absolute atomic E-state index is 0.0725. The van der Waals surface area contributed by atoms with Crippen molar-refractivity contribution in [3.05, 3.63) is 74.6 Å². The number of hydrogen-bond donors (Lipinski definition) is 0. The number of rotatable bonds is 5. The van der Waals surface area contributed by atoms with Crippen molar-refractivity contribution in [2.75, 3.05) is 7.05 Å². The first-order valence-corrected chi connectivity index (χ1v) is 9.67. The van der Waals surface area contributed by atoms with Gasteiger partial charge in [-0.25, -0.2) is 8.78 Å². The van der Waals surface area contributed by atoms with Crippen LogP contribution in [0.4, 0.5) is 8.78 Å². The van der Waals surface area contributed by atoms with Crippen LogP contribution in [0.5, 0.6) is 5.75 Å². The average molecular weight is 446 g/mol.